The van der Waals surface area contributed by atoms with Crippen molar-refractivity contribution in [2.24, 2.45) is 15.6 Å². The topological polar surface area (TPSA) is 24.7 Å². The molecule has 0 unspecified atom stereocenters. The first-order valence-corrected chi connectivity index (χ1v) is 4.01. The van der Waals surface area contributed by atoms with Gasteiger partial charge in [0.1, 0.15) is 5.04 Å². The lowest BCUT2D eigenvalue weighted by atomic mass is 9.99. The highest BCUT2D eigenvalue weighted by Gasteiger charge is 2.19. The molecule has 0 aromatic carbocycles. The van der Waals surface area contributed by atoms with E-state index in [2.05, 4.69) is 36.8 Å². The molecule has 0 fully saturated rings. The van der Waals surface area contributed by atoms with Crippen LogP contribution in [-0.2, 0) is 0 Å². The van der Waals surface area contributed by atoms with E-state index in [9.17, 15) is 0 Å². The lowest BCUT2D eigenvalue weighted by Crippen LogP contribution is -2.16. The molecule has 54 valence electrons. The summed E-state index contributed by atoms with van der Waals surface area (Å²) in [6, 6.07) is 0. The van der Waals surface area contributed by atoms with Gasteiger partial charge < -0.3 is 0 Å². The Kier molecular flexibility index (Phi) is 1.97. The van der Waals surface area contributed by atoms with Gasteiger partial charge in [0.25, 0.3) is 0 Å². The molecule has 3 heteroatoms. The van der Waals surface area contributed by atoms with Crippen molar-refractivity contribution in [3.63, 3.8) is 0 Å². The smallest absolute Gasteiger partial charge is 0.107 e. The maximum atomic E-state index is 3.96. The van der Waals surface area contributed by atoms with E-state index in [0.29, 0.717) is 0 Å². The van der Waals surface area contributed by atoms with Crippen LogP contribution in [0.15, 0.2) is 15.6 Å². The standard InChI is InChI=1S/C7H10N2S/c1-7(2,3)6-9-8-4-5-10-6/h5H,1-3H3. The summed E-state index contributed by atoms with van der Waals surface area (Å²) in [6.45, 7) is 6.36. The second-order valence-electron chi connectivity index (χ2n) is 3.12. The average molecular weight is 154 g/mol. The van der Waals surface area contributed by atoms with E-state index in [1.807, 2.05) is 5.41 Å². The number of thioether (sulfide) groups is 1. The summed E-state index contributed by atoms with van der Waals surface area (Å²) in [5.74, 6) is 2.66. The highest BCUT2D eigenvalue weighted by Crippen LogP contribution is 2.25. The molecule has 0 radical (unpaired) electrons. The minimum atomic E-state index is 0.118. The van der Waals surface area contributed by atoms with E-state index in [0.717, 1.165) is 5.04 Å². The molecular formula is C7H10N2S. The second kappa shape index (κ2) is 2.60. The molecule has 10 heavy (non-hydrogen) atoms. The Balaban J connectivity index is 2.79. The highest BCUT2D eigenvalue weighted by atomic mass is 32.2. The van der Waals surface area contributed by atoms with Crippen LogP contribution in [0.25, 0.3) is 0 Å². The van der Waals surface area contributed by atoms with Gasteiger partial charge in [-0.2, -0.15) is 0 Å². The fourth-order valence-electron chi connectivity index (χ4n) is 0.530. The van der Waals surface area contributed by atoms with Crippen LogP contribution in [0.3, 0.4) is 0 Å². The minimum absolute atomic E-state index is 0.118. The summed E-state index contributed by atoms with van der Waals surface area (Å²) in [7, 11) is 0. The van der Waals surface area contributed by atoms with E-state index in [1.165, 1.54) is 0 Å². The molecule has 0 saturated heterocycles. The van der Waals surface area contributed by atoms with Gasteiger partial charge in [0.2, 0.25) is 0 Å². The van der Waals surface area contributed by atoms with Crippen LogP contribution in [0.5, 0.6) is 0 Å². The fourth-order valence-corrected chi connectivity index (χ4v) is 1.18. The fraction of sp³-hybridized carbons (Fsp3) is 0.571. The Labute approximate surface area is 65.1 Å². The van der Waals surface area contributed by atoms with E-state index < -0.39 is 0 Å². The van der Waals surface area contributed by atoms with Gasteiger partial charge in [0, 0.05) is 16.7 Å². The molecular weight excluding hydrogens is 144 g/mol. The molecule has 0 aromatic heterocycles. The monoisotopic (exact) mass is 154 g/mol. The first-order chi connectivity index (χ1) is 4.61. The van der Waals surface area contributed by atoms with Crippen LogP contribution in [0, 0.1) is 5.41 Å². The number of hydrogen-bond acceptors (Lipinski definition) is 3. The zero-order valence-corrected chi connectivity index (χ0v) is 7.20. The summed E-state index contributed by atoms with van der Waals surface area (Å²) in [5.41, 5.74) is 0.118. The van der Waals surface area contributed by atoms with Crippen LogP contribution in [-0.4, -0.2) is 10.9 Å². The molecule has 2 nitrogen and oxygen atoms in total. The Bertz CT molecular complexity index is 216. The molecule has 1 heterocycles. The zero-order valence-electron chi connectivity index (χ0n) is 6.38. The molecule has 0 amide bonds. The summed E-state index contributed by atoms with van der Waals surface area (Å²) in [6.07, 6.45) is 0. The van der Waals surface area contributed by atoms with Gasteiger partial charge in [-0.1, -0.05) is 32.5 Å². The predicted molar refractivity (Wildman–Crippen MR) is 46.5 cm³/mol. The minimum Gasteiger partial charge on any atom is -0.139 e. The Morgan fingerprint density at radius 3 is 2.50 bits per heavy atom. The van der Waals surface area contributed by atoms with E-state index in [1.54, 1.807) is 11.8 Å². The molecule has 1 aliphatic heterocycles. The summed E-state index contributed by atoms with van der Waals surface area (Å²) < 4.78 is 0. The normalized spacial score (nSPS) is 17.3. The maximum absolute atomic E-state index is 3.96. The highest BCUT2D eigenvalue weighted by molar-refractivity contribution is 8.16. The van der Waals surface area contributed by atoms with Gasteiger partial charge in [-0.15, -0.1) is 10.2 Å². The van der Waals surface area contributed by atoms with Crippen molar-refractivity contribution >= 4 is 22.7 Å². The molecule has 0 aliphatic carbocycles. The van der Waals surface area contributed by atoms with Gasteiger partial charge in [-0.05, 0) is 0 Å². The van der Waals surface area contributed by atoms with Crippen LogP contribution < -0.4 is 0 Å². The molecule has 0 bridgehead atoms. The van der Waals surface area contributed by atoms with E-state index >= 15 is 0 Å². The van der Waals surface area contributed by atoms with Gasteiger partial charge in [-0.25, -0.2) is 0 Å². The SMILES string of the molecule is CC(C)(C)C1=NN=C=CS1. The van der Waals surface area contributed by atoms with Gasteiger partial charge in [0.05, 0.1) is 0 Å². The molecule has 1 rings (SSSR count). The van der Waals surface area contributed by atoms with Crippen molar-refractivity contribution in [2.45, 2.75) is 20.8 Å². The van der Waals surface area contributed by atoms with Crippen molar-refractivity contribution in [2.75, 3.05) is 0 Å². The van der Waals surface area contributed by atoms with Crippen molar-refractivity contribution in [1.82, 2.24) is 0 Å². The molecule has 0 atom stereocenters. The van der Waals surface area contributed by atoms with Crippen LogP contribution in [0.1, 0.15) is 20.8 Å². The lowest BCUT2D eigenvalue weighted by molar-refractivity contribution is 0.600. The Morgan fingerprint density at radius 1 is 1.50 bits per heavy atom. The van der Waals surface area contributed by atoms with Gasteiger partial charge >= 0.3 is 0 Å². The van der Waals surface area contributed by atoms with Crippen LogP contribution in [0.4, 0.5) is 0 Å². The first kappa shape index (κ1) is 7.58. The third-order valence-electron chi connectivity index (χ3n) is 1.06. The number of rotatable bonds is 0. The second-order valence-corrected chi connectivity index (χ2v) is 3.98. The summed E-state index contributed by atoms with van der Waals surface area (Å²) >= 11 is 1.59. The Morgan fingerprint density at radius 2 is 2.20 bits per heavy atom. The maximum Gasteiger partial charge on any atom is 0.107 e. The largest absolute Gasteiger partial charge is 0.139 e. The number of hydrogen-bond donors (Lipinski definition) is 0. The first-order valence-electron chi connectivity index (χ1n) is 3.13. The van der Waals surface area contributed by atoms with Crippen LogP contribution >= 0.6 is 11.8 Å². The molecule has 0 N–H and O–H groups in total. The zero-order chi connectivity index (χ0) is 7.61. The van der Waals surface area contributed by atoms with E-state index in [4.69, 9.17) is 0 Å². The van der Waals surface area contributed by atoms with Crippen LogP contribution in [0.2, 0.25) is 0 Å². The lowest BCUT2D eigenvalue weighted by Gasteiger charge is -2.18. The van der Waals surface area contributed by atoms with Gasteiger partial charge in [0.15, 0.2) is 0 Å². The molecule has 0 saturated carbocycles. The molecule has 0 aromatic rings. The van der Waals surface area contributed by atoms with Crippen molar-refractivity contribution in [3.05, 3.63) is 5.41 Å². The summed E-state index contributed by atoms with van der Waals surface area (Å²) in [4.78, 5) is 0. The molecule has 1 aliphatic rings. The van der Waals surface area contributed by atoms with Gasteiger partial charge in [-0.3, -0.25) is 0 Å². The number of nitrogens with zero attached hydrogens (tertiary/aromatic N) is 2. The summed E-state index contributed by atoms with van der Waals surface area (Å²) in [5, 5.41) is 10.5. The average Bonchev–Trinajstić information content (AvgIpc) is 1.88. The molecule has 0 spiro atoms. The predicted octanol–water partition coefficient (Wildman–Crippen LogP) is 2.28. The Hall–Kier alpha value is -0.530. The van der Waals surface area contributed by atoms with E-state index in [-0.39, 0.29) is 5.41 Å². The van der Waals surface area contributed by atoms with Crippen molar-refractivity contribution in [3.8, 4) is 0 Å². The third kappa shape index (κ3) is 1.72. The quantitative estimate of drug-likeness (QED) is 0.525. The third-order valence-corrected chi connectivity index (χ3v) is 2.20. The van der Waals surface area contributed by atoms with Crippen molar-refractivity contribution < 1.29 is 0 Å². The van der Waals surface area contributed by atoms with Crippen molar-refractivity contribution in [1.29, 1.82) is 0 Å².